The number of nitrogens with one attached hydrogen (secondary N) is 1. The molecule has 0 bridgehead atoms. The van der Waals surface area contributed by atoms with Gasteiger partial charge in [-0.25, -0.2) is 22.6 Å². The molecule has 8 nitrogen and oxygen atoms in total. The summed E-state index contributed by atoms with van der Waals surface area (Å²) in [5, 5.41) is 7.55. The molecule has 1 aromatic heterocycles. The van der Waals surface area contributed by atoms with Gasteiger partial charge in [-0.05, 0) is 68.6 Å². The predicted molar refractivity (Wildman–Crippen MR) is 130 cm³/mol. The Kier molecular flexibility index (Phi) is 4.74. The largest absolute Gasteiger partial charge is 0.323 e. The van der Waals surface area contributed by atoms with E-state index in [1.807, 2.05) is 9.80 Å². The van der Waals surface area contributed by atoms with Crippen LogP contribution in [0.1, 0.15) is 67.6 Å². The highest BCUT2D eigenvalue weighted by Crippen LogP contribution is 2.57. The number of hydrogen-bond acceptors (Lipinski definition) is 5. The Bertz CT molecular complexity index is 1330. The Morgan fingerprint density at radius 2 is 1.69 bits per heavy atom. The maximum Gasteiger partial charge on any atom is 0.320 e. The third-order valence-corrected chi connectivity index (χ3v) is 10.4. The summed E-state index contributed by atoms with van der Waals surface area (Å²) < 4.78 is 37.7. The van der Waals surface area contributed by atoms with Gasteiger partial charge in [-0.1, -0.05) is 6.07 Å². The van der Waals surface area contributed by atoms with Crippen molar-refractivity contribution < 1.29 is 17.6 Å². The van der Waals surface area contributed by atoms with E-state index < -0.39 is 15.7 Å². The van der Waals surface area contributed by atoms with Gasteiger partial charge in [0.25, 0.3) is 0 Å². The molecule has 5 fully saturated rings. The topological polar surface area (TPSA) is 99.3 Å². The highest BCUT2D eigenvalue weighted by molar-refractivity contribution is 7.90. The summed E-state index contributed by atoms with van der Waals surface area (Å²) in [7, 11) is -3.47. The molecule has 3 aliphatic carbocycles. The zero-order valence-electron chi connectivity index (χ0n) is 20.5. The molecule has 1 N–H and O–H groups in total. The number of likely N-dealkylation sites (tertiary alicyclic amines) is 2. The molecule has 1 aromatic carbocycles. The number of carbonyl (C=O) groups excluding carboxylic acids is 1. The minimum atomic E-state index is -3.47. The summed E-state index contributed by atoms with van der Waals surface area (Å²) in [6.07, 6.45) is 8.33. The van der Waals surface area contributed by atoms with E-state index in [0.717, 1.165) is 75.8 Å². The van der Waals surface area contributed by atoms with Crippen molar-refractivity contribution in [1.29, 1.82) is 0 Å². The van der Waals surface area contributed by atoms with Crippen LogP contribution in [0.2, 0.25) is 0 Å². The van der Waals surface area contributed by atoms with Crippen LogP contribution in [0, 0.1) is 22.6 Å². The van der Waals surface area contributed by atoms with Gasteiger partial charge in [0.05, 0.1) is 4.90 Å². The van der Waals surface area contributed by atoms with Crippen LogP contribution >= 0.6 is 0 Å². The van der Waals surface area contributed by atoms with E-state index >= 15 is 0 Å². The first-order valence-corrected chi connectivity index (χ1v) is 14.9. The maximum absolute atomic E-state index is 13.6. The van der Waals surface area contributed by atoms with Crippen LogP contribution in [0.15, 0.2) is 23.1 Å². The molecule has 2 saturated heterocycles. The van der Waals surface area contributed by atoms with E-state index in [-0.39, 0.29) is 21.8 Å². The van der Waals surface area contributed by atoms with Gasteiger partial charge in [-0.2, -0.15) is 5.10 Å². The average Bonchev–Trinajstić information content (AvgIpc) is 3.44. The zero-order chi connectivity index (χ0) is 24.9. The highest BCUT2D eigenvalue weighted by atomic mass is 32.2. The monoisotopic (exact) mass is 513 g/mol. The zero-order valence-corrected chi connectivity index (χ0v) is 21.4. The van der Waals surface area contributed by atoms with Crippen LogP contribution in [-0.4, -0.2) is 71.9 Å². The molecule has 192 valence electrons. The molecular formula is C26H32FN5O3S. The van der Waals surface area contributed by atoms with Crippen molar-refractivity contribution in [3.63, 3.8) is 0 Å². The van der Waals surface area contributed by atoms with Gasteiger partial charge in [0.15, 0.2) is 15.7 Å². The van der Waals surface area contributed by atoms with Gasteiger partial charge in [-0.15, -0.1) is 0 Å². The molecule has 36 heavy (non-hydrogen) atoms. The van der Waals surface area contributed by atoms with E-state index in [9.17, 15) is 17.6 Å². The first-order valence-electron chi connectivity index (χ1n) is 13.1. The van der Waals surface area contributed by atoms with Crippen LogP contribution < -0.4 is 0 Å². The van der Waals surface area contributed by atoms with E-state index in [1.165, 1.54) is 18.9 Å². The maximum atomic E-state index is 13.6. The molecule has 5 aliphatic rings. The summed E-state index contributed by atoms with van der Waals surface area (Å²) in [4.78, 5) is 21.7. The fourth-order valence-corrected chi connectivity index (χ4v) is 8.31. The number of carbonyl (C=O) groups is 1. The van der Waals surface area contributed by atoms with Crippen LogP contribution in [-0.2, 0) is 16.3 Å². The van der Waals surface area contributed by atoms with E-state index in [1.54, 1.807) is 6.07 Å². The number of aromatic nitrogens is 3. The Labute approximate surface area is 210 Å². The van der Waals surface area contributed by atoms with Gasteiger partial charge < -0.3 is 9.80 Å². The van der Waals surface area contributed by atoms with Gasteiger partial charge >= 0.3 is 6.03 Å². The van der Waals surface area contributed by atoms with Crippen molar-refractivity contribution in [2.45, 2.75) is 61.7 Å². The van der Waals surface area contributed by atoms with Crippen molar-refractivity contribution in [3.8, 4) is 0 Å². The fourth-order valence-electron chi connectivity index (χ4n) is 7.35. The van der Waals surface area contributed by atoms with E-state index in [4.69, 9.17) is 4.98 Å². The van der Waals surface area contributed by atoms with Crippen molar-refractivity contribution in [2.24, 2.45) is 16.7 Å². The molecule has 0 unspecified atom stereocenters. The summed E-state index contributed by atoms with van der Waals surface area (Å²) in [5.41, 5.74) is 1.14. The SMILES string of the molecule is CS(=O)(=O)c1cc(F)ccc1CC1CC2(C1)CN(C(=O)N1CC3(CC(c4n[nH]c(C5CC5)n4)C3)C1)C2. The third-order valence-electron chi connectivity index (χ3n) is 9.23. The number of urea groups is 1. The molecule has 2 spiro atoms. The Morgan fingerprint density at radius 3 is 2.31 bits per heavy atom. The minimum absolute atomic E-state index is 0.102. The predicted octanol–water partition coefficient (Wildman–Crippen LogP) is 3.48. The van der Waals surface area contributed by atoms with E-state index in [2.05, 4.69) is 10.2 Å². The third kappa shape index (κ3) is 3.74. The number of rotatable bonds is 5. The molecule has 2 aromatic rings. The number of H-pyrrole nitrogens is 1. The molecule has 7 rings (SSSR count). The summed E-state index contributed by atoms with van der Waals surface area (Å²) in [6, 6.07) is 4.23. The number of aromatic amines is 1. The highest BCUT2D eigenvalue weighted by Gasteiger charge is 2.58. The second kappa shape index (κ2) is 7.52. The van der Waals surface area contributed by atoms with Crippen LogP contribution in [0.3, 0.4) is 0 Å². The lowest BCUT2D eigenvalue weighted by molar-refractivity contribution is -0.100. The van der Waals surface area contributed by atoms with Gasteiger partial charge in [0, 0.05) is 55.1 Å². The minimum Gasteiger partial charge on any atom is -0.323 e. The lowest BCUT2D eigenvalue weighted by atomic mass is 9.56. The van der Waals surface area contributed by atoms with Crippen LogP contribution in [0.5, 0.6) is 0 Å². The Hall–Kier alpha value is -2.49. The molecule has 0 atom stereocenters. The van der Waals surface area contributed by atoms with Crippen LogP contribution in [0.4, 0.5) is 9.18 Å². The molecular weight excluding hydrogens is 481 g/mol. The summed E-state index contributed by atoms with van der Waals surface area (Å²) in [5.74, 6) is 2.88. The number of amides is 2. The number of sulfone groups is 1. The summed E-state index contributed by atoms with van der Waals surface area (Å²) in [6.45, 7) is 3.26. The van der Waals surface area contributed by atoms with Crippen molar-refractivity contribution in [3.05, 3.63) is 41.2 Å². The fraction of sp³-hybridized carbons (Fsp3) is 0.654. The second-order valence-electron chi connectivity index (χ2n) is 12.5. The van der Waals surface area contributed by atoms with Gasteiger partial charge in [-0.3, -0.25) is 5.10 Å². The van der Waals surface area contributed by atoms with Crippen molar-refractivity contribution >= 4 is 15.9 Å². The van der Waals surface area contributed by atoms with E-state index in [0.29, 0.717) is 29.7 Å². The first-order chi connectivity index (χ1) is 17.1. The second-order valence-corrected chi connectivity index (χ2v) is 14.4. The standard InChI is InChI=1S/C26H32FN5O3S/c1-36(34,35)21-7-20(27)5-4-18(21)6-16-8-25(9-16)12-31(13-25)24(33)32-14-26(15-32)10-19(11-26)23-28-22(29-30-23)17-2-3-17/h4-5,7,16-17,19H,2-3,6,8-15H2,1H3,(H,28,29,30). The Balaban J connectivity index is 0.871. The van der Waals surface area contributed by atoms with Crippen molar-refractivity contribution in [2.75, 3.05) is 32.4 Å². The quantitative estimate of drug-likeness (QED) is 0.660. The first kappa shape index (κ1) is 22.7. The number of halogens is 1. The number of nitrogens with zero attached hydrogens (tertiary/aromatic N) is 4. The van der Waals surface area contributed by atoms with Gasteiger partial charge in [0.2, 0.25) is 0 Å². The Morgan fingerprint density at radius 1 is 1.06 bits per heavy atom. The molecule has 10 heteroatoms. The average molecular weight is 514 g/mol. The number of benzene rings is 1. The molecule has 0 radical (unpaired) electrons. The summed E-state index contributed by atoms with van der Waals surface area (Å²) >= 11 is 0. The van der Waals surface area contributed by atoms with Crippen molar-refractivity contribution in [1.82, 2.24) is 25.0 Å². The van der Waals surface area contributed by atoms with Crippen LogP contribution in [0.25, 0.3) is 0 Å². The molecule has 2 amide bonds. The molecule has 2 aliphatic heterocycles. The molecule has 3 heterocycles. The normalized spacial score (nSPS) is 24.8. The van der Waals surface area contributed by atoms with Gasteiger partial charge in [0.1, 0.15) is 11.6 Å². The number of hydrogen-bond donors (Lipinski definition) is 1. The lowest BCUT2D eigenvalue weighted by Gasteiger charge is -2.63. The molecule has 3 saturated carbocycles. The lowest BCUT2D eigenvalue weighted by Crippen LogP contribution is -2.71. The smallest absolute Gasteiger partial charge is 0.320 e.